The van der Waals surface area contributed by atoms with Crippen LogP contribution in [-0.4, -0.2) is 17.4 Å². The number of rotatable bonds is 3. The highest BCUT2D eigenvalue weighted by Gasteiger charge is 1.94. The first kappa shape index (κ1) is 8.35. The van der Waals surface area contributed by atoms with Gasteiger partial charge in [-0.05, 0) is 0 Å². The number of nitrogens with two attached hydrogens (primary N) is 2. The lowest BCUT2D eigenvalue weighted by Crippen LogP contribution is -2.71. The molecule has 0 aliphatic heterocycles. The monoisotopic (exact) mass is 164 g/mol. The third kappa shape index (κ3) is 2.47. The lowest BCUT2D eigenvalue weighted by Gasteiger charge is -1.92. The Hall–Kier alpha value is -1.75. The van der Waals surface area contributed by atoms with E-state index in [1.807, 2.05) is 0 Å². The summed E-state index contributed by atoms with van der Waals surface area (Å²) in [6, 6.07) is 1.76. The summed E-state index contributed by atoms with van der Waals surface area (Å²) in [6.45, 7) is 0. The van der Waals surface area contributed by atoms with E-state index in [2.05, 4.69) is 10.1 Å². The van der Waals surface area contributed by atoms with Crippen LogP contribution in [0.3, 0.4) is 0 Å². The van der Waals surface area contributed by atoms with Crippen LogP contribution in [0.2, 0.25) is 0 Å². The summed E-state index contributed by atoms with van der Waals surface area (Å²) in [5, 5.41) is 10.5. The van der Waals surface area contributed by atoms with E-state index in [9.17, 15) is 0 Å². The van der Waals surface area contributed by atoms with Gasteiger partial charge >= 0.3 is 0 Å². The fraction of sp³-hybridized carbons (Fsp3) is 0. The zero-order valence-electron chi connectivity index (χ0n) is 6.44. The molecule has 1 aromatic heterocycles. The molecule has 0 aromatic carbocycles. The smallest absolute Gasteiger partial charge is 0.176 e. The number of pyridine rings is 1. The summed E-state index contributed by atoms with van der Waals surface area (Å²) in [5.41, 5.74) is 8.51. The highest BCUT2D eigenvalue weighted by atomic mass is 15.3. The molecule has 0 saturated heterocycles. The molecule has 0 bridgehead atoms. The average molecular weight is 164 g/mol. The molecule has 0 unspecified atom stereocenters. The van der Waals surface area contributed by atoms with Gasteiger partial charge in [-0.25, -0.2) is 0 Å². The maximum absolute atomic E-state index is 6.68. The maximum atomic E-state index is 6.68. The van der Waals surface area contributed by atoms with Gasteiger partial charge in [0, 0.05) is 12.3 Å². The number of nitrogens with zero attached hydrogens (tertiary/aromatic N) is 2. The number of aromatic nitrogens is 1. The van der Waals surface area contributed by atoms with Gasteiger partial charge in [0.25, 0.3) is 0 Å². The largest absolute Gasteiger partial charge is 0.397 e. The molecule has 0 fully saturated rings. The van der Waals surface area contributed by atoms with Gasteiger partial charge in [-0.2, -0.15) is 5.43 Å². The second-order valence-electron chi connectivity index (χ2n) is 2.15. The second-order valence-corrected chi connectivity index (χ2v) is 2.15. The molecule has 5 N–H and O–H groups in total. The van der Waals surface area contributed by atoms with Crippen molar-refractivity contribution >= 4 is 23.8 Å². The van der Waals surface area contributed by atoms with E-state index in [0.717, 1.165) is 11.9 Å². The van der Waals surface area contributed by atoms with Crippen LogP contribution in [-0.2, 0) is 0 Å². The zero-order valence-corrected chi connectivity index (χ0v) is 6.44. The molecule has 12 heavy (non-hydrogen) atoms. The molecule has 0 spiro atoms. The Labute approximate surface area is 69.8 Å². The number of hydrogen-bond donors (Lipinski definition) is 3. The van der Waals surface area contributed by atoms with E-state index in [-0.39, 0.29) is 0 Å². The molecular formula is C7H10N5+. The van der Waals surface area contributed by atoms with E-state index in [1.54, 1.807) is 23.9 Å². The Morgan fingerprint density at radius 3 is 3.08 bits per heavy atom. The highest BCUT2D eigenvalue weighted by Crippen LogP contribution is 2.02. The van der Waals surface area contributed by atoms with Crippen molar-refractivity contribution in [2.24, 2.45) is 5.10 Å². The standard InChI is InChI=1S/C7H9N5/c8-1-2-11-12-7-3-6(9)4-10-5-7/h1-5,8,12H,9H2/p+1. The first-order valence-electron chi connectivity index (χ1n) is 3.39. The topological polar surface area (TPSA) is 91.7 Å². The predicted molar refractivity (Wildman–Crippen MR) is 47.5 cm³/mol. The Bertz CT molecular complexity index is 294. The van der Waals surface area contributed by atoms with Crippen molar-refractivity contribution in [3.63, 3.8) is 0 Å². The van der Waals surface area contributed by atoms with Gasteiger partial charge in [0.1, 0.15) is 6.21 Å². The maximum Gasteiger partial charge on any atom is 0.176 e. The summed E-state index contributed by atoms with van der Waals surface area (Å²) in [7, 11) is 0. The first-order chi connectivity index (χ1) is 5.83. The molecule has 1 heterocycles. The van der Waals surface area contributed by atoms with Gasteiger partial charge in [0.05, 0.1) is 18.1 Å². The molecule has 0 radical (unpaired) electrons. The summed E-state index contributed by atoms with van der Waals surface area (Å²) >= 11 is 0. The van der Waals surface area contributed by atoms with Crippen LogP contribution in [0.4, 0.5) is 11.4 Å². The molecule has 1 rings (SSSR count). The van der Waals surface area contributed by atoms with Crippen LogP contribution >= 0.6 is 0 Å². The fourth-order valence-corrected chi connectivity index (χ4v) is 0.719. The number of hydrogen-bond acceptors (Lipinski definition) is 4. The predicted octanol–water partition coefficient (Wildman–Crippen LogP) is -0.506. The second kappa shape index (κ2) is 4.20. The van der Waals surface area contributed by atoms with Crippen molar-refractivity contribution in [3.05, 3.63) is 18.5 Å². The van der Waals surface area contributed by atoms with E-state index >= 15 is 0 Å². The molecule has 5 heteroatoms. The number of nitrogen functional groups attached to an aromatic ring is 1. The summed E-state index contributed by atoms with van der Waals surface area (Å²) in [4.78, 5) is 3.88. The van der Waals surface area contributed by atoms with Crippen LogP contribution in [0.15, 0.2) is 23.6 Å². The van der Waals surface area contributed by atoms with E-state index in [1.165, 1.54) is 6.21 Å². The summed E-state index contributed by atoms with van der Waals surface area (Å²) in [6.07, 6.45) is 5.70. The van der Waals surface area contributed by atoms with Gasteiger partial charge in [-0.3, -0.25) is 4.98 Å². The zero-order chi connectivity index (χ0) is 8.81. The molecule has 0 aliphatic rings. The van der Waals surface area contributed by atoms with E-state index in [0.29, 0.717) is 5.69 Å². The molecule has 62 valence electrons. The van der Waals surface area contributed by atoms with Crippen molar-refractivity contribution in [3.8, 4) is 0 Å². The van der Waals surface area contributed by atoms with Crippen molar-refractivity contribution in [1.29, 1.82) is 5.41 Å². The minimum absolute atomic E-state index is 0.605. The van der Waals surface area contributed by atoms with Gasteiger partial charge < -0.3 is 11.1 Å². The number of nitrogens with one attached hydrogen (secondary N) is 1. The van der Waals surface area contributed by atoms with Gasteiger partial charge in [-0.1, -0.05) is 5.10 Å². The number of quaternary nitrogens is 1. The fourth-order valence-electron chi connectivity index (χ4n) is 0.719. The third-order valence-corrected chi connectivity index (χ3v) is 1.16. The van der Waals surface area contributed by atoms with Gasteiger partial charge in [0.15, 0.2) is 5.69 Å². The third-order valence-electron chi connectivity index (χ3n) is 1.16. The normalized spacial score (nSPS) is 10.3. The van der Waals surface area contributed by atoms with Gasteiger partial charge in [0.2, 0.25) is 0 Å². The van der Waals surface area contributed by atoms with Crippen molar-refractivity contribution in [2.75, 3.05) is 5.73 Å². The molecule has 0 atom stereocenters. The molecule has 1 aromatic rings. The number of anilines is 1. The SMILES string of the molecule is N=CC=N[NH2+]c1cncc(N)c1. The Balaban J connectivity index is 2.63. The first-order valence-corrected chi connectivity index (χ1v) is 3.39. The summed E-state index contributed by atoms with van der Waals surface area (Å²) < 4.78 is 0. The molecule has 0 aliphatic carbocycles. The van der Waals surface area contributed by atoms with Crippen LogP contribution < -0.4 is 11.2 Å². The van der Waals surface area contributed by atoms with E-state index in [4.69, 9.17) is 11.1 Å². The van der Waals surface area contributed by atoms with Crippen LogP contribution in [0, 0.1) is 5.41 Å². The molecule has 5 nitrogen and oxygen atoms in total. The van der Waals surface area contributed by atoms with Crippen molar-refractivity contribution in [2.45, 2.75) is 0 Å². The summed E-state index contributed by atoms with van der Waals surface area (Å²) in [5.74, 6) is 0. The van der Waals surface area contributed by atoms with Crippen molar-refractivity contribution < 1.29 is 5.43 Å². The highest BCUT2D eigenvalue weighted by molar-refractivity contribution is 6.14. The Morgan fingerprint density at radius 2 is 2.42 bits per heavy atom. The Morgan fingerprint density at radius 1 is 1.58 bits per heavy atom. The van der Waals surface area contributed by atoms with Crippen molar-refractivity contribution in [1.82, 2.24) is 4.98 Å². The quantitative estimate of drug-likeness (QED) is 0.319. The van der Waals surface area contributed by atoms with Gasteiger partial charge in [-0.15, -0.1) is 0 Å². The minimum Gasteiger partial charge on any atom is -0.397 e. The Kier molecular flexibility index (Phi) is 2.92. The lowest BCUT2D eigenvalue weighted by atomic mass is 10.4. The lowest BCUT2D eigenvalue weighted by molar-refractivity contribution is -0.577. The van der Waals surface area contributed by atoms with Crippen LogP contribution in [0.25, 0.3) is 0 Å². The molecule has 0 amide bonds. The van der Waals surface area contributed by atoms with Crippen LogP contribution in [0.5, 0.6) is 0 Å². The minimum atomic E-state index is 0.605. The van der Waals surface area contributed by atoms with E-state index < -0.39 is 0 Å². The van der Waals surface area contributed by atoms with Crippen LogP contribution in [0.1, 0.15) is 0 Å². The molecular weight excluding hydrogens is 154 g/mol. The average Bonchev–Trinajstić information content (AvgIpc) is 2.05. The molecule has 0 saturated carbocycles.